The van der Waals surface area contributed by atoms with E-state index < -0.39 is 0 Å². The van der Waals surface area contributed by atoms with E-state index in [0.717, 1.165) is 6.42 Å². The molecule has 32 heavy (non-hydrogen) atoms. The molecule has 2 aliphatic carbocycles. The molecule has 0 saturated carbocycles. The first-order valence-corrected chi connectivity index (χ1v) is 11.8. The van der Waals surface area contributed by atoms with Crippen LogP contribution < -0.4 is 0 Å². The molecule has 0 heteroatoms. The zero-order valence-electron chi connectivity index (χ0n) is 20.2. The monoisotopic (exact) mass is 417 g/mol. The third-order valence-electron chi connectivity index (χ3n) is 6.88. The van der Waals surface area contributed by atoms with Crippen LogP contribution in [0.2, 0.25) is 0 Å². The lowest BCUT2D eigenvalue weighted by Crippen LogP contribution is -2.12. The summed E-state index contributed by atoms with van der Waals surface area (Å²) in [5.41, 5.74) is 14.0. The largest absolute Gasteiger partial charge is 0.0722 e. The molecule has 1 radical (unpaired) electrons. The molecule has 3 aromatic rings. The number of fused-ring (bicyclic) bond motifs is 3. The lowest BCUT2D eigenvalue weighted by atomic mass is 9.81. The van der Waals surface area contributed by atoms with E-state index in [1.54, 1.807) is 0 Å². The highest BCUT2D eigenvalue weighted by molar-refractivity contribution is 5.94. The summed E-state index contributed by atoms with van der Waals surface area (Å²) >= 11 is 0. The normalized spacial score (nSPS) is 15.3. The quantitative estimate of drug-likeness (QED) is 0.306. The van der Waals surface area contributed by atoms with Crippen molar-refractivity contribution in [2.24, 2.45) is 0 Å². The van der Waals surface area contributed by atoms with Gasteiger partial charge >= 0.3 is 0 Å². The smallest absolute Gasteiger partial charge is 0.0218 e. The maximum atomic E-state index is 2.44. The molecule has 0 atom stereocenters. The van der Waals surface area contributed by atoms with Crippen molar-refractivity contribution in [1.82, 2.24) is 0 Å². The summed E-state index contributed by atoms with van der Waals surface area (Å²) in [7, 11) is 0. The Bertz CT molecular complexity index is 1250. The fraction of sp³-hybridized carbons (Fsp3) is 0.281. The molecule has 0 aliphatic heterocycles. The molecule has 0 nitrogen and oxygen atoms in total. The van der Waals surface area contributed by atoms with E-state index in [2.05, 4.69) is 121 Å². The van der Waals surface area contributed by atoms with E-state index in [0.29, 0.717) is 0 Å². The van der Waals surface area contributed by atoms with Gasteiger partial charge in [0.05, 0.1) is 0 Å². The van der Waals surface area contributed by atoms with Gasteiger partial charge in [-0.2, -0.15) is 0 Å². The molecular formula is C32H33. The first-order chi connectivity index (χ1) is 15.1. The Labute approximate surface area is 193 Å². The van der Waals surface area contributed by atoms with Crippen molar-refractivity contribution in [3.63, 3.8) is 0 Å². The summed E-state index contributed by atoms with van der Waals surface area (Å²) in [5, 5.41) is 0. The molecule has 0 bridgehead atoms. The van der Waals surface area contributed by atoms with Gasteiger partial charge in [0.1, 0.15) is 0 Å². The molecule has 0 amide bonds. The summed E-state index contributed by atoms with van der Waals surface area (Å²) in [6.07, 6.45) is 8.16. The van der Waals surface area contributed by atoms with E-state index in [1.165, 1.54) is 55.7 Å². The first kappa shape index (κ1) is 21.0. The van der Waals surface area contributed by atoms with Crippen molar-refractivity contribution in [1.29, 1.82) is 0 Å². The van der Waals surface area contributed by atoms with Crippen LogP contribution in [0.4, 0.5) is 0 Å². The molecule has 0 aromatic heterocycles. The SMILES string of the molecule is CC(C)(C)c1ccc2c(c1)-c1cc(C(C)(C)C)cc(C3=CC(c4ccccc4)=CC3)c1[CH]2. The van der Waals surface area contributed by atoms with E-state index in [4.69, 9.17) is 0 Å². The van der Waals surface area contributed by atoms with E-state index in [1.807, 2.05) is 0 Å². The van der Waals surface area contributed by atoms with Gasteiger partial charge in [0.25, 0.3) is 0 Å². The van der Waals surface area contributed by atoms with Crippen molar-refractivity contribution in [3.05, 3.63) is 113 Å². The van der Waals surface area contributed by atoms with E-state index in [-0.39, 0.29) is 10.8 Å². The highest BCUT2D eigenvalue weighted by Gasteiger charge is 2.28. The fourth-order valence-corrected chi connectivity index (χ4v) is 4.81. The summed E-state index contributed by atoms with van der Waals surface area (Å²) in [5.74, 6) is 0. The number of benzene rings is 3. The summed E-state index contributed by atoms with van der Waals surface area (Å²) in [6.45, 7) is 13.9. The van der Waals surface area contributed by atoms with Gasteiger partial charge in [-0.15, -0.1) is 0 Å². The average molecular weight is 418 g/mol. The van der Waals surface area contributed by atoms with Crippen LogP contribution >= 0.6 is 0 Å². The van der Waals surface area contributed by atoms with Crippen LogP contribution in [0.25, 0.3) is 22.3 Å². The second-order valence-electron chi connectivity index (χ2n) is 11.3. The van der Waals surface area contributed by atoms with Gasteiger partial charge in [-0.25, -0.2) is 0 Å². The number of allylic oxidation sites excluding steroid dienone is 4. The molecule has 3 aromatic carbocycles. The molecule has 0 unspecified atom stereocenters. The van der Waals surface area contributed by atoms with Crippen LogP contribution in [-0.4, -0.2) is 0 Å². The summed E-state index contributed by atoms with van der Waals surface area (Å²) < 4.78 is 0. The van der Waals surface area contributed by atoms with Crippen LogP contribution in [0.3, 0.4) is 0 Å². The average Bonchev–Trinajstić information content (AvgIpc) is 3.37. The predicted molar refractivity (Wildman–Crippen MR) is 139 cm³/mol. The lowest BCUT2D eigenvalue weighted by molar-refractivity contribution is 0.589. The summed E-state index contributed by atoms with van der Waals surface area (Å²) in [4.78, 5) is 0. The van der Waals surface area contributed by atoms with Crippen molar-refractivity contribution < 1.29 is 0 Å². The van der Waals surface area contributed by atoms with Crippen molar-refractivity contribution >= 4 is 11.1 Å². The molecule has 5 rings (SSSR count). The maximum Gasteiger partial charge on any atom is 0.0218 e. The minimum atomic E-state index is 0.100. The molecule has 161 valence electrons. The van der Waals surface area contributed by atoms with Crippen LogP contribution in [0.5, 0.6) is 0 Å². The highest BCUT2D eigenvalue weighted by atomic mass is 14.3. The van der Waals surface area contributed by atoms with Crippen molar-refractivity contribution in [2.75, 3.05) is 0 Å². The third-order valence-corrected chi connectivity index (χ3v) is 6.88. The van der Waals surface area contributed by atoms with E-state index in [9.17, 15) is 0 Å². The number of hydrogen-bond acceptors (Lipinski definition) is 0. The van der Waals surface area contributed by atoms with Crippen molar-refractivity contribution in [3.8, 4) is 11.1 Å². The fourth-order valence-electron chi connectivity index (χ4n) is 4.81. The van der Waals surface area contributed by atoms with Gasteiger partial charge in [-0.05, 0) is 72.9 Å². The maximum absolute atomic E-state index is 2.44. The molecule has 0 spiro atoms. The van der Waals surface area contributed by atoms with Crippen LogP contribution in [0.1, 0.15) is 81.3 Å². The van der Waals surface area contributed by atoms with Crippen LogP contribution in [0, 0.1) is 6.42 Å². The molecule has 0 heterocycles. The second-order valence-corrected chi connectivity index (χ2v) is 11.3. The van der Waals surface area contributed by atoms with Gasteiger partial charge in [-0.1, -0.05) is 114 Å². The molecule has 0 saturated heterocycles. The van der Waals surface area contributed by atoms with Gasteiger partial charge in [0.2, 0.25) is 0 Å². The van der Waals surface area contributed by atoms with Gasteiger partial charge in [-0.3, -0.25) is 0 Å². The Hall–Kier alpha value is -2.86. The Balaban J connectivity index is 1.66. The Morgan fingerprint density at radius 2 is 1.31 bits per heavy atom. The lowest BCUT2D eigenvalue weighted by Gasteiger charge is -2.23. The number of rotatable bonds is 2. The van der Waals surface area contributed by atoms with Crippen LogP contribution in [-0.2, 0) is 10.8 Å². The standard InChI is InChI=1S/C32H33/c1-31(2,3)25-15-14-24-17-29-28(19-26(32(4,5)6)20-30(29)27(24)18-25)23-13-12-22(16-23)21-10-8-7-9-11-21/h7-12,14-20H,13H2,1-6H3. The zero-order valence-corrected chi connectivity index (χ0v) is 20.2. The Morgan fingerprint density at radius 1 is 0.656 bits per heavy atom. The zero-order chi connectivity index (χ0) is 22.7. The van der Waals surface area contributed by atoms with Gasteiger partial charge in [0.15, 0.2) is 0 Å². The predicted octanol–water partition coefficient (Wildman–Crippen LogP) is 8.73. The topological polar surface area (TPSA) is 0 Å². The molecular weight excluding hydrogens is 384 g/mol. The summed E-state index contributed by atoms with van der Waals surface area (Å²) in [6, 6.07) is 22.7. The van der Waals surface area contributed by atoms with Crippen LogP contribution in [0.15, 0.2) is 72.8 Å². The van der Waals surface area contributed by atoms with E-state index >= 15 is 0 Å². The molecule has 0 N–H and O–H groups in total. The Kier molecular flexibility index (Phi) is 4.82. The van der Waals surface area contributed by atoms with Crippen molar-refractivity contribution in [2.45, 2.75) is 58.8 Å². The minimum absolute atomic E-state index is 0.100. The number of hydrogen-bond donors (Lipinski definition) is 0. The highest BCUT2D eigenvalue weighted by Crippen LogP contribution is 2.47. The third kappa shape index (κ3) is 3.66. The Morgan fingerprint density at radius 3 is 2.00 bits per heavy atom. The first-order valence-electron chi connectivity index (χ1n) is 11.8. The van der Waals surface area contributed by atoms with Gasteiger partial charge < -0.3 is 0 Å². The molecule has 2 aliphatic rings. The molecule has 0 fully saturated rings. The second kappa shape index (κ2) is 7.34. The minimum Gasteiger partial charge on any atom is -0.0722 e. The van der Waals surface area contributed by atoms with Gasteiger partial charge in [0, 0.05) is 6.42 Å².